The Morgan fingerprint density at radius 3 is 2.42 bits per heavy atom. The van der Waals surface area contributed by atoms with Crippen LogP contribution in [0.2, 0.25) is 0 Å². The van der Waals surface area contributed by atoms with Crippen molar-refractivity contribution < 1.29 is 19.5 Å². The fraction of sp³-hybridized carbons (Fsp3) is 0.550. The summed E-state index contributed by atoms with van der Waals surface area (Å²) in [6.07, 6.45) is 3.45. The van der Waals surface area contributed by atoms with Gasteiger partial charge in [-0.25, -0.2) is 0 Å². The van der Waals surface area contributed by atoms with Crippen LogP contribution in [0.25, 0.3) is 0 Å². The maximum absolute atomic E-state index is 12.8. The molecule has 0 bridgehead atoms. The molecule has 6 heteroatoms. The summed E-state index contributed by atoms with van der Waals surface area (Å²) in [5, 5.41) is 12.3. The number of carbonyl (C=O) groups is 3. The normalized spacial score (nSPS) is 22.3. The number of carboxylic acid groups (broad SMARTS) is 1. The Kier molecular flexibility index (Phi) is 5.59. The lowest BCUT2D eigenvalue weighted by Gasteiger charge is -2.33. The Morgan fingerprint density at radius 2 is 1.81 bits per heavy atom. The van der Waals surface area contributed by atoms with Crippen LogP contribution >= 0.6 is 0 Å². The zero-order valence-electron chi connectivity index (χ0n) is 15.1. The van der Waals surface area contributed by atoms with E-state index < -0.39 is 17.9 Å². The summed E-state index contributed by atoms with van der Waals surface area (Å²) >= 11 is 0. The number of amides is 2. The molecule has 1 aliphatic heterocycles. The highest BCUT2D eigenvalue weighted by Gasteiger charge is 2.37. The molecule has 1 aliphatic carbocycles. The van der Waals surface area contributed by atoms with Crippen LogP contribution in [-0.4, -0.2) is 40.9 Å². The minimum atomic E-state index is -0.951. The maximum Gasteiger partial charge on any atom is 0.308 e. The molecule has 0 aromatic heterocycles. The summed E-state index contributed by atoms with van der Waals surface area (Å²) < 4.78 is 0. The summed E-state index contributed by atoms with van der Waals surface area (Å²) in [6.45, 7) is 2.75. The number of hydrogen-bond acceptors (Lipinski definition) is 3. The first-order chi connectivity index (χ1) is 12.5. The lowest BCUT2D eigenvalue weighted by Crippen LogP contribution is -2.47. The number of benzene rings is 1. The third-order valence-corrected chi connectivity index (χ3v) is 5.38. The number of nitrogens with one attached hydrogen (secondary N) is 1. The second-order valence-corrected chi connectivity index (χ2v) is 7.42. The quantitative estimate of drug-likeness (QED) is 0.816. The highest BCUT2D eigenvalue weighted by atomic mass is 16.4. The van der Waals surface area contributed by atoms with Crippen molar-refractivity contribution in [1.29, 1.82) is 0 Å². The molecule has 26 heavy (non-hydrogen) atoms. The van der Waals surface area contributed by atoms with Crippen molar-refractivity contribution in [3.63, 3.8) is 0 Å². The fourth-order valence-electron chi connectivity index (χ4n) is 3.55. The Labute approximate surface area is 153 Å². The van der Waals surface area contributed by atoms with Crippen LogP contribution in [0.5, 0.6) is 0 Å². The average Bonchev–Trinajstić information content (AvgIpc) is 3.50. The molecule has 3 rings (SSSR count). The van der Waals surface area contributed by atoms with Crippen LogP contribution in [0.15, 0.2) is 30.3 Å². The van der Waals surface area contributed by atoms with E-state index >= 15 is 0 Å². The number of carboxylic acids is 1. The molecule has 6 nitrogen and oxygen atoms in total. The minimum absolute atomic E-state index is 0.154. The topological polar surface area (TPSA) is 86.7 Å². The van der Waals surface area contributed by atoms with Crippen LogP contribution in [0.4, 0.5) is 0 Å². The van der Waals surface area contributed by atoms with Gasteiger partial charge in [-0.15, -0.1) is 0 Å². The predicted octanol–water partition coefficient (Wildman–Crippen LogP) is 2.21. The third kappa shape index (κ3) is 4.23. The number of carbonyl (C=O) groups excluding carboxylic acids is 2. The zero-order valence-corrected chi connectivity index (χ0v) is 15.1. The number of piperidine rings is 1. The van der Waals surface area contributed by atoms with Crippen LogP contribution in [0.1, 0.15) is 44.2 Å². The van der Waals surface area contributed by atoms with E-state index in [1.807, 2.05) is 35.2 Å². The Balaban J connectivity index is 1.68. The Bertz CT molecular complexity index is 672. The second-order valence-electron chi connectivity index (χ2n) is 7.42. The number of hydrogen-bond donors (Lipinski definition) is 2. The molecule has 0 radical (unpaired) electrons. The second kappa shape index (κ2) is 7.89. The van der Waals surface area contributed by atoms with Crippen molar-refractivity contribution in [1.82, 2.24) is 10.2 Å². The van der Waals surface area contributed by atoms with Crippen LogP contribution in [0, 0.1) is 17.8 Å². The molecular weight excluding hydrogens is 332 g/mol. The van der Waals surface area contributed by atoms with Gasteiger partial charge in [0.25, 0.3) is 0 Å². The van der Waals surface area contributed by atoms with Crippen molar-refractivity contribution in [2.75, 3.05) is 13.1 Å². The average molecular weight is 358 g/mol. The summed E-state index contributed by atoms with van der Waals surface area (Å²) in [5.74, 6) is -1.82. The van der Waals surface area contributed by atoms with Gasteiger partial charge in [-0.2, -0.15) is 0 Å². The van der Waals surface area contributed by atoms with Crippen LogP contribution < -0.4 is 5.32 Å². The van der Waals surface area contributed by atoms with Crippen molar-refractivity contribution in [2.45, 2.75) is 38.6 Å². The van der Waals surface area contributed by atoms with E-state index in [1.54, 1.807) is 6.92 Å². The van der Waals surface area contributed by atoms with E-state index in [0.29, 0.717) is 13.1 Å². The van der Waals surface area contributed by atoms with Gasteiger partial charge >= 0.3 is 5.97 Å². The van der Waals surface area contributed by atoms with Gasteiger partial charge in [-0.1, -0.05) is 30.3 Å². The predicted molar refractivity (Wildman–Crippen MR) is 96.2 cm³/mol. The van der Waals surface area contributed by atoms with Gasteiger partial charge in [0.15, 0.2) is 0 Å². The minimum Gasteiger partial charge on any atom is -0.481 e. The molecule has 3 unspecified atom stereocenters. The van der Waals surface area contributed by atoms with Gasteiger partial charge in [0, 0.05) is 19.0 Å². The first-order valence-corrected chi connectivity index (χ1v) is 9.34. The molecule has 140 valence electrons. The van der Waals surface area contributed by atoms with Gasteiger partial charge in [0.1, 0.15) is 0 Å². The molecule has 1 aromatic carbocycles. The van der Waals surface area contributed by atoms with Crippen LogP contribution in [0.3, 0.4) is 0 Å². The molecular formula is C20H26N2O4. The molecule has 1 saturated heterocycles. The first-order valence-electron chi connectivity index (χ1n) is 9.34. The number of nitrogens with zero attached hydrogens (tertiary/aromatic N) is 1. The van der Waals surface area contributed by atoms with E-state index in [1.165, 1.54) is 0 Å². The summed E-state index contributed by atoms with van der Waals surface area (Å²) in [7, 11) is 0. The van der Waals surface area contributed by atoms with E-state index in [9.17, 15) is 19.5 Å². The molecule has 2 N–H and O–H groups in total. The number of aliphatic carboxylic acids is 1. The van der Waals surface area contributed by atoms with Gasteiger partial charge < -0.3 is 15.3 Å². The van der Waals surface area contributed by atoms with Crippen molar-refractivity contribution in [3.05, 3.63) is 35.9 Å². The maximum atomic E-state index is 12.8. The molecule has 2 amide bonds. The molecule has 1 heterocycles. The summed E-state index contributed by atoms with van der Waals surface area (Å²) in [5.41, 5.74) is 0.775. The standard InChI is InChI=1S/C20H26N2O4/c1-13(20(25)26)17(14-6-3-2-4-7-14)21-18(23)16-8-5-11-22(12-16)19(24)15-9-10-15/h2-4,6-7,13,15-17H,5,8-12H2,1H3,(H,21,23)(H,25,26). The number of rotatable bonds is 6. The van der Waals surface area contributed by atoms with E-state index in [4.69, 9.17) is 0 Å². The highest BCUT2D eigenvalue weighted by molar-refractivity contribution is 5.84. The van der Waals surface area contributed by atoms with E-state index in [2.05, 4.69) is 5.32 Å². The molecule has 1 saturated carbocycles. The summed E-state index contributed by atoms with van der Waals surface area (Å²) in [6, 6.07) is 8.59. The van der Waals surface area contributed by atoms with Gasteiger partial charge in [0.2, 0.25) is 11.8 Å². The van der Waals surface area contributed by atoms with Gasteiger partial charge in [0.05, 0.1) is 17.9 Å². The van der Waals surface area contributed by atoms with Gasteiger partial charge in [-0.05, 0) is 38.2 Å². The van der Waals surface area contributed by atoms with E-state index in [0.717, 1.165) is 31.2 Å². The Morgan fingerprint density at radius 1 is 1.12 bits per heavy atom. The molecule has 3 atom stereocenters. The monoisotopic (exact) mass is 358 g/mol. The third-order valence-electron chi connectivity index (χ3n) is 5.38. The summed E-state index contributed by atoms with van der Waals surface area (Å²) in [4.78, 5) is 38.4. The molecule has 0 spiro atoms. The molecule has 2 fully saturated rings. The van der Waals surface area contributed by atoms with Crippen molar-refractivity contribution in [3.8, 4) is 0 Å². The number of likely N-dealkylation sites (tertiary alicyclic amines) is 1. The zero-order chi connectivity index (χ0) is 18.7. The fourth-order valence-corrected chi connectivity index (χ4v) is 3.55. The van der Waals surface area contributed by atoms with Crippen molar-refractivity contribution >= 4 is 17.8 Å². The largest absolute Gasteiger partial charge is 0.481 e. The first kappa shape index (κ1) is 18.4. The Hall–Kier alpha value is -2.37. The van der Waals surface area contributed by atoms with Crippen LogP contribution in [-0.2, 0) is 14.4 Å². The molecule has 1 aromatic rings. The smallest absolute Gasteiger partial charge is 0.308 e. The van der Waals surface area contributed by atoms with Gasteiger partial charge in [-0.3, -0.25) is 14.4 Å². The highest BCUT2D eigenvalue weighted by Crippen LogP contribution is 2.33. The molecule has 2 aliphatic rings. The lowest BCUT2D eigenvalue weighted by atomic mass is 9.92. The van der Waals surface area contributed by atoms with Crippen molar-refractivity contribution in [2.24, 2.45) is 17.8 Å². The van der Waals surface area contributed by atoms with E-state index in [-0.39, 0.29) is 23.7 Å². The SMILES string of the molecule is CC(C(=O)O)C(NC(=O)C1CCCN(C(=O)C2CC2)C1)c1ccccc1. The lowest BCUT2D eigenvalue weighted by molar-refractivity contribution is -0.142.